The summed E-state index contributed by atoms with van der Waals surface area (Å²) in [6.07, 6.45) is 0. The van der Waals surface area contributed by atoms with Gasteiger partial charge in [0, 0.05) is 0 Å². The largest absolute Gasteiger partial charge is 0.320 e. The molecule has 1 heteroatoms. The summed E-state index contributed by atoms with van der Waals surface area (Å²) in [4.78, 5) is 0. The normalized spacial score (nSPS) is 11.0. The molecule has 0 heterocycles. The van der Waals surface area contributed by atoms with Crippen molar-refractivity contribution in [1.82, 2.24) is 0 Å². The van der Waals surface area contributed by atoms with E-state index in [4.69, 9.17) is 5.73 Å². The average molecular weight is 239 g/mol. The molecule has 18 heavy (non-hydrogen) atoms. The van der Waals surface area contributed by atoms with E-state index in [-0.39, 0.29) is 6.04 Å². The Hall–Kier alpha value is -1.60. The molecule has 1 nitrogen and oxygen atoms in total. The van der Waals surface area contributed by atoms with Gasteiger partial charge in [-0.2, -0.15) is 0 Å². The summed E-state index contributed by atoms with van der Waals surface area (Å²) in [7, 11) is 0. The van der Waals surface area contributed by atoms with Crippen LogP contribution in [-0.4, -0.2) is 0 Å². The van der Waals surface area contributed by atoms with Crippen molar-refractivity contribution in [2.24, 2.45) is 5.73 Å². The second kappa shape index (κ2) is 4.95. The van der Waals surface area contributed by atoms with Crippen LogP contribution in [0.15, 0.2) is 36.4 Å². The Morgan fingerprint density at radius 1 is 0.611 bits per heavy atom. The van der Waals surface area contributed by atoms with Gasteiger partial charge in [0.2, 0.25) is 0 Å². The van der Waals surface area contributed by atoms with E-state index in [0.717, 1.165) is 0 Å². The van der Waals surface area contributed by atoms with Crippen LogP contribution in [0.5, 0.6) is 0 Å². The summed E-state index contributed by atoms with van der Waals surface area (Å²) in [5.74, 6) is 0. The van der Waals surface area contributed by atoms with Gasteiger partial charge in [-0.3, -0.25) is 0 Å². The fourth-order valence-electron chi connectivity index (χ4n) is 2.57. The number of hydrogen-bond donors (Lipinski definition) is 1. The molecule has 0 saturated heterocycles. The first-order valence-corrected chi connectivity index (χ1v) is 6.37. The van der Waals surface area contributed by atoms with Crippen LogP contribution in [0.4, 0.5) is 0 Å². The van der Waals surface area contributed by atoms with Crippen LogP contribution in [0.3, 0.4) is 0 Å². The Labute approximate surface area is 110 Å². The van der Waals surface area contributed by atoms with Crippen molar-refractivity contribution in [3.8, 4) is 0 Å². The van der Waals surface area contributed by atoms with Crippen LogP contribution in [0.2, 0.25) is 0 Å². The van der Waals surface area contributed by atoms with Crippen molar-refractivity contribution in [1.29, 1.82) is 0 Å². The number of hydrogen-bond acceptors (Lipinski definition) is 1. The second-order valence-electron chi connectivity index (χ2n) is 5.32. The molecule has 0 aromatic heterocycles. The first-order chi connectivity index (χ1) is 8.45. The van der Waals surface area contributed by atoms with Gasteiger partial charge < -0.3 is 5.73 Å². The minimum atomic E-state index is -0.0396. The van der Waals surface area contributed by atoms with Gasteiger partial charge in [0.25, 0.3) is 0 Å². The third-order valence-corrected chi connectivity index (χ3v) is 3.21. The van der Waals surface area contributed by atoms with E-state index in [2.05, 4.69) is 64.1 Å². The van der Waals surface area contributed by atoms with Gasteiger partial charge in [0.05, 0.1) is 6.04 Å². The highest BCUT2D eigenvalue weighted by Gasteiger charge is 2.10. The molecule has 94 valence electrons. The summed E-state index contributed by atoms with van der Waals surface area (Å²) in [6, 6.07) is 13.0. The predicted octanol–water partition coefficient (Wildman–Crippen LogP) is 3.97. The van der Waals surface area contributed by atoms with E-state index in [1.54, 1.807) is 0 Å². The smallest absolute Gasteiger partial charge is 0.0552 e. The highest BCUT2D eigenvalue weighted by molar-refractivity contribution is 5.39. The van der Waals surface area contributed by atoms with Crippen LogP contribution < -0.4 is 5.73 Å². The molecule has 0 aliphatic carbocycles. The summed E-state index contributed by atoms with van der Waals surface area (Å²) in [6.45, 7) is 8.46. The molecule has 2 N–H and O–H groups in total. The SMILES string of the molecule is Cc1cc(C)cc(C(N)c2cc(C)cc(C)c2)c1. The lowest BCUT2D eigenvalue weighted by atomic mass is 9.94. The van der Waals surface area contributed by atoms with Crippen molar-refractivity contribution in [3.05, 3.63) is 69.8 Å². The minimum Gasteiger partial charge on any atom is -0.320 e. The molecule has 0 radical (unpaired) electrons. The number of nitrogens with two attached hydrogens (primary N) is 1. The highest BCUT2D eigenvalue weighted by Crippen LogP contribution is 2.23. The standard InChI is InChI=1S/C17H21N/c1-11-5-12(2)8-15(7-11)17(18)16-9-13(3)6-14(4)10-16/h5-10,17H,18H2,1-4H3. The molecular formula is C17H21N. The van der Waals surface area contributed by atoms with Crippen molar-refractivity contribution in [2.45, 2.75) is 33.7 Å². The fraction of sp³-hybridized carbons (Fsp3) is 0.294. The van der Waals surface area contributed by atoms with Crippen molar-refractivity contribution < 1.29 is 0 Å². The Balaban J connectivity index is 2.43. The van der Waals surface area contributed by atoms with Crippen LogP contribution >= 0.6 is 0 Å². The molecule has 0 aliphatic heterocycles. The molecule has 0 bridgehead atoms. The van der Waals surface area contributed by atoms with Gasteiger partial charge in [-0.15, -0.1) is 0 Å². The topological polar surface area (TPSA) is 26.0 Å². The monoisotopic (exact) mass is 239 g/mol. The molecule has 2 aromatic rings. The zero-order valence-electron chi connectivity index (χ0n) is 11.6. The molecule has 2 aromatic carbocycles. The van der Waals surface area contributed by atoms with Crippen LogP contribution in [0, 0.1) is 27.7 Å². The Bertz CT molecular complexity index is 478. The molecule has 0 unspecified atom stereocenters. The van der Waals surface area contributed by atoms with Crippen molar-refractivity contribution in [3.63, 3.8) is 0 Å². The lowest BCUT2D eigenvalue weighted by Gasteiger charge is -2.15. The summed E-state index contributed by atoms with van der Waals surface area (Å²) >= 11 is 0. The van der Waals surface area contributed by atoms with E-state index < -0.39 is 0 Å². The third kappa shape index (κ3) is 2.80. The quantitative estimate of drug-likeness (QED) is 0.843. The number of aryl methyl sites for hydroxylation is 4. The molecule has 0 amide bonds. The van der Waals surface area contributed by atoms with Crippen LogP contribution in [-0.2, 0) is 0 Å². The summed E-state index contributed by atoms with van der Waals surface area (Å²) < 4.78 is 0. The first kappa shape index (κ1) is 12.8. The zero-order chi connectivity index (χ0) is 13.3. The molecule has 0 fully saturated rings. The van der Waals surface area contributed by atoms with Gasteiger partial charge in [0.1, 0.15) is 0 Å². The van der Waals surface area contributed by atoms with E-state index in [0.29, 0.717) is 0 Å². The van der Waals surface area contributed by atoms with E-state index >= 15 is 0 Å². The van der Waals surface area contributed by atoms with E-state index in [1.165, 1.54) is 33.4 Å². The molecule has 0 aliphatic rings. The van der Waals surface area contributed by atoms with Gasteiger partial charge in [-0.1, -0.05) is 58.7 Å². The molecule has 0 saturated carbocycles. The molecular weight excluding hydrogens is 218 g/mol. The first-order valence-electron chi connectivity index (χ1n) is 6.37. The van der Waals surface area contributed by atoms with Crippen LogP contribution in [0.25, 0.3) is 0 Å². The predicted molar refractivity (Wildman–Crippen MR) is 77.9 cm³/mol. The number of benzene rings is 2. The van der Waals surface area contributed by atoms with Crippen molar-refractivity contribution >= 4 is 0 Å². The number of rotatable bonds is 2. The second-order valence-corrected chi connectivity index (χ2v) is 5.32. The summed E-state index contributed by atoms with van der Waals surface area (Å²) in [5, 5.41) is 0. The molecule has 0 spiro atoms. The Kier molecular flexibility index (Phi) is 3.53. The van der Waals surface area contributed by atoms with E-state index in [9.17, 15) is 0 Å². The van der Waals surface area contributed by atoms with Gasteiger partial charge >= 0.3 is 0 Å². The maximum absolute atomic E-state index is 6.39. The highest BCUT2D eigenvalue weighted by atomic mass is 14.6. The lowest BCUT2D eigenvalue weighted by Crippen LogP contribution is -2.12. The Morgan fingerprint density at radius 2 is 0.889 bits per heavy atom. The minimum absolute atomic E-state index is 0.0396. The lowest BCUT2D eigenvalue weighted by molar-refractivity contribution is 0.864. The molecule has 2 rings (SSSR count). The van der Waals surface area contributed by atoms with Crippen molar-refractivity contribution in [2.75, 3.05) is 0 Å². The summed E-state index contributed by atoms with van der Waals surface area (Å²) in [5.41, 5.74) is 13.8. The maximum Gasteiger partial charge on any atom is 0.0552 e. The van der Waals surface area contributed by atoms with Gasteiger partial charge in [-0.25, -0.2) is 0 Å². The van der Waals surface area contributed by atoms with Gasteiger partial charge in [-0.05, 0) is 38.8 Å². The fourth-order valence-corrected chi connectivity index (χ4v) is 2.57. The van der Waals surface area contributed by atoms with Gasteiger partial charge in [0.15, 0.2) is 0 Å². The Morgan fingerprint density at radius 3 is 1.17 bits per heavy atom. The molecule has 0 atom stereocenters. The maximum atomic E-state index is 6.39. The average Bonchev–Trinajstić information content (AvgIpc) is 2.25. The zero-order valence-corrected chi connectivity index (χ0v) is 11.6. The van der Waals surface area contributed by atoms with Crippen LogP contribution in [0.1, 0.15) is 39.4 Å². The third-order valence-electron chi connectivity index (χ3n) is 3.21. The van der Waals surface area contributed by atoms with E-state index in [1.807, 2.05) is 0 Å².